The van der Waals surface area contributed by atoms with Crippen molar-refractivity contribution < 1.29 is 4.39 Å². The van der Waals surface area contributed by atoms with Crippen LogP contribution in [0.4, 0.5) is 4.39 Å². The Hall–Kier alpha value is -1.13. The number of hydrogen-bond donors (Lipinski definition) is 2. The Morgan fingerprint density at radius 3 is 2.60 bits per heavy atom. The van der Waals surface area contributed by atoms with Gasteiger partial charge in [0, 0.05) is 5.02 Å². The fourth-order valence-corrected chi connectivity index (χ4v) is 2.55. The van der Waals surface area contributed by atoms with Gasteiger partial charge in [-0.25, -0.2) is 4.39 Å². The highest BCUT2D eigenvalue weighted by Crippen LogP contribution is 2.27. The fourth-order valence-electron chi connectivity index (χ4n) is 2.16. The normalized spacial score (nSPS) is 12.4. The van der Waals surface area contributed by atoms with E-state index in [2.05, 4.69) is 5.43 Å². The second kappa shape index (κ2) is 6.55. The number of benzene rings is 2. The summed E-state index contributed by atoms with van der Waals surface area (Å²) in [7, 11) is 0. The maximum Gasteiger partial charge on any atom is 0.141 e. The third kappa shape index (κ3) is 3.30. The lowest BCUT2D eigenvalue weighted by Gasteiger charge is -2.19. The highest BCUT2D eigenvalue weighted by atomic mass is 35.5. The number of nitrogens with one attached hydrogen (secondary N) is 1. The molecule has 0 bridgehead atoms. The van der Waals surface area contributed by atoms with Crippen LogP contribution in [0.15, 0.2) is 36.4 Å². The molecule has 0 saturated heterocycles. The molecule has 0 radical (unpaired) electrons. The lowest BCUT2D eigenvalue weighted by Crippen LogP contribution is -2.30. The van der Waals surface area contributed by atoms with Gasteiger partial charge >= 0.3 is 0 Å². The first-order valence-electron chi connectivity index (χ1n) is 6.18. The molecule has 2 aromatic rings. The molecule has 0 saturated carbocycles. The Bertz CT molecular complexity index is 617. The number of rotatable bonds is 4. The number of hydrogen-bond acceptors (Lipinski definition) is 2. The molecule has 1 atom stereocenters. The van der Waals surface area contributed by atoms with Gasteiger partial charge in [0.25, 0.3) is 0 Å². The SMILES string of the molecule is Cc1c(Cl)cccc1C(Cc1ccc(F)c(Cl)c1)NN. The summed E-state index contributed by atoms with van der Waals surface area (Å²) in [6, 6.07) is 10.2. The van der Waals surface area contributed by atoms with Gasteiger partial charge in [-0.1, -0.05) is 41.4 Å². The average Bonchev–Trinajstić information content (AvgIpc) is 2.43. The predicted octanol–water partition coefficient (Wildman–Crippen LogP) is 4.19. The molecule has 0 fully saturated rings. The van der Waals surface area contributed by atoms with Gasteiger partial charge < -0.3 is 0 Å². The molecule has 2 rings (SSSR count). The van der Waals surface area contributed by atoms with E-state index in [9.17, 15) is 4.39 Å². The highest BCUT2D eigenvalue weighted by molar-refractivity contribution is 6.31. The van der Waals surface area contributed by atoms with E-state index in [1.54, 1.807) is 12.1 Å². The molecular weight excluding hydrogens is 298 g/mol. The van der Waals surface area contributed by atoms with Gasteiger partial charge in [0.05, 0.1) is 11.1 Å². The van der Waals surface area contributed by atoms with Crippen molar-refractivity contribution in [2.24, 2.45) is 5.84 Å². The topological polar surface area (TPSA) is 38.0 Å². The van der Waals surface area contributed by atoms with Gasteiger partial charge in [-0.2, -0.15) is 0 Å². The summed E-state index contributed by atoms with van der Waals surface area (Å²) >= 11 is 11.9. The van der Waals surface area contributed by atoms with E-state index in [4.69, 9.17) is 29.0 Å². The van der Waals surface area contributed by atoms with Gasteiger partial charge in [0.1, 0.15) is 5.82 Å². The van der Waals surface area contributed by atoms with E-state index in [-0.39, 0.29) is 11.1 Å². The summed E-state index contributed by atoms with van der Waals surface area (Å²) < 4.78 is 13.2. The van der Waals surface area contributed by atoms with Gasteiger partial charge in [0.2, 0.25) is 0 Å². The van der Waals surface area contributed by atoms with Crippen LogP contribution < -0.4 is 11.3 Å². The summed E-state index contributed by atoms with van der Waals surface area (Å²) in [5.41, 5.74) is 5.67. The molecule has 0 heterocycles. The maximum atomic E-state index is 13.2. The van der Waals surface area contributed by atoms with Gasteiger partial charge in [0.15, 0.2) is 0 Å². The first kappa shape index (κ1) is 15.3. The molecule has 0 aliphatic carbocycles. The quantitative estimate of drug-likeness (QED) is 0.656. The molecular formula is C15H15Cl2FN2. The largest absolute Gasteiger partial charge is 0.271 e. The Morgan fingerprint density at radius 2 is 1.95 bits per heavy atom. The second-order valence-corrected chi connectivity index (χ2v) is 5.44. The second-order valence-electron chi connectivity index (χ2n) is 4.63. The zero-order valence-corrected chi connectivity index (χ0v) is 12.5. The van der Waals surface area contributed by atoms with Crippen LogP contribution in [0.5, 0.6) is 0 Å². The fraction of sp³-hybridized carbons (Fsp3) is 0.200. The summed E-state index contributed by atoms with van der Waals surface area (Å²) in [6.45, 7) is 1.94. The molecule has 106 valence electrons. The van der Waals surface area contributed by atoms with E-state index in [0.717, 1.165) is 16.7 Å². The van der Waals surface area contributed by atoms with Crippen LogP contribution in [-0.2, 0) is 6.42 Å². The molecule has 0 aliphatic heterocycles. The van der Waals surface area contributed by atoms with Crippen molar-refractivity contribution in [3.63, 3.8) is 0 Å². The van der Waals surface area contributed by atoms with Gasteiger partial charge in [-0.3, -0.25) is 11.3 Å². The van der Waals surface area contributed by atoms with Crippen molar-refractivity contribution in [2.45, 2.75) is 19.4 Å². The first-order valence-corrected chi connectivity index (χ1v) is 6.93. The van der Waals surface area contributed by atoms with Crippen molar-refractivity contribution in [1.29, 1.82) is 0 Å². The third-order valence-electron chi connectivity index (χ3n) is 3.31. The van der Waals surface area contributed by atoms with E-state index in [1.807, 2.05) is 25.1 Å². The monoisotopic (exact) mass is 312 g/mol. The Morgan fingerprint density at radius 1 is 1.20 bits per heavy atom. The van der Waals surface area contributed by atoms with Crippen LogP contribution >= 0.6 is 23.2 Å². The molecule has 2 nitrogen and oxygen atoms in total. The summed E-state index contributed by atoms with van der Waals surface area (Å²) in [5, 5.41) is 0.806. The molecule has 0 aliphatic rings. The van der Waals surface area contributed by atoms with Crippen LogP contribution in [0.3, 0.4) is 0 Å². The van der Waals surface area contributed by atoms with Crippen LogP contribution in [0.2, 0.25) is 10.0 Å². The van der Waals surface area contributed by atoms with Crippen LogP contribution in [0, 0.1) is 12.7 Å². The lowest BCUT2D eigenvalue weighted by molar-refractivity contribution is 0.548. The van der Waals surface area contributed by atoms with Crippen LogP contribution in [0.1, 0.15) is 22.7 Å². The summed E-state index contributed by atoms with van der Waals surface area (Å²) in [5.74, 6) is 5.21. The van der Waals surface area contributed by atoms with Crippen molar-refractivity contribution in [3.8, 4) is 0 Å². The smallest absolute Gasteiger partial charge is 0.141 e. The first-order chi connectivity index (χ1) is 9.52. The van der Waals surface area contributed by atoms with Crippen LogP contribution in [-0.4, -0.2) is 0 Å². The molecule has 0 aromatic heterocycles. The minimum atomic E-state index is -0.424. The van der Waals surface area contributed by atoms with E-state index >= 15 is 0 Å². The van der Waals surface area contributed by atoms with E-state index in [0.29, 0.717) is 11.4 Å². The van der Waals surface area contributed by atoms with Gasteiger partial charge in [-0.05, 0) is 48.2 Å². The molecule has 0 spiro atoms. The zero-order chi connectivity index (χ0) is 14.7. The third-order valence-corrected chi connectivity index (χ3v) is 4.01. The molecule has 5 heteroatoms. The van der Waals surface area contributed by atoms with E-state index in [1.165, 1.54) is 6.07 Å². The van der Waals surface area contributed by atoms with Crippen LogP contribution in [0.25, 0.3) is 0 Å². The van der Waals surface area contributed by atoms with Crippen molar-refractivity contribution in [1.82, 2.24) is 5.43 Å². The molecule has 0 amide bonds. The Kier molecular flexibility index (Phi) is 5.00. The minimum Gasteiger partial charge on any atom is -0.271 e. The summed E-state index contributed by atoms with van der Waals surface area (Å²) in [6.07, 6.45) is 0.595. The average molecular weight is 313 g/mol. The Labute approximate surface area is 127 Å². The Balaban J connectivity index is 2.28. The molecule has 1 unspecified atom stereocenters. The van der Waals surface area contributed by atoms with Crippen molar-refractivity contribution in [2.75, 3.05) is 0 Å². The predicted molar refractivity (Wildman–Crippen MR) is 81.4 cm³/mol. The standard InChI is InChI=1S/C15H15Cl2FN2/c1-9-11(3-2-4-12(9)16)15(20-19)8-10-5-6-14(18)13(17)7-10/h2-7,15,20H,8,19H2,1H3. The van der Waals surface area contributed by atoms with Gasteiger partial charge in [-0.15, -0.1) is 0 Å². The number of hydrazine groups is 1. The van der Waals surface area contributed by atoms with Crippen molar-refractivity contribution in [3.05, 3.63) is 69.0 Å². The lowest BCUT2D eigenvalue weighted by atomic mass is 9.96. The van der Waals surface area contributed by atoms with E-state index < -0.39 is 5.82 Å². The summed E-state index contributed by atoms with van der Waals surface area (Å²) in [4.78, 5) is 0. The molecule has 3 N–H and O–H groups in total. The zero-order valence-electron chi connectivity index (χ0n) is 11.0. The maximum absolute atomic E-state index is 13.2. The highest BCUT2D eigenvalue weighted by Gasteiger charge is 2.15. The molecule has 20 heavy (non-hydrogen) atoms. The number of halogens is 3. The minimum absolute atomic E-state index is 0.112. The van der Waals surface area contributed by atoms with Crippen molar-refractivity contribution >= 4 is 23.2 Å². The number of nitrogens with two attached hydrogens (primary N) is 1. The molecule has 2 aromatic carbocycles.